The molecule has 0 saturated carbocycles. The zero-order chi connectivity index (χ0) is 29.8. The van der Waals surface area contributed by atoms with Crippen LogP contribution in [0.1, 0.15) is 60.8 Å². The van der Waals surface area contributed by atoms with Gasteiger partial charge in [-0.15, -0.1) is 34.0 Å². The van der Waals surface area contributed by atoms with Crippen molar-refractivity contribution in [3.05, 3.63) is 32.3 Å². The van der Waals surface area contributed by atoms with E-state index in [1.54, 1.807) is 41.1 Å². The first-order valence-corrected chi connectivity index (χ1v) is 16.9. The topological polar surface area (TPSA) is 84.8 Å². The number of fused-ring (bicyclic) bond motifs is 1. The Morgan fingerprint density at radius 1 is 0.690 bits per heavy atom. The van der Waals surface area contributed by atoms with Crippen molar-refractivity contribution in [2.45, 2.75) is 60.8 Å². The Labute approximate surface area is 264 Å². The van der Waals surface area contributed by atoms with E-state index in [1.807, 2.05) is 46.1 Å². The second-order valence-electron chi connectivity index (χ2n) is 9.24. The SMILES string of the molecule is C.CCCCOc1cscc1OCCCC.CCOc1cscc1OCC.COCC1(CO)COc2cscc2OC1. The molecule has 0 aromatic carbocycles. The Balaban J connectivity index is 0.000000316. The van der Waals surface area contributed by atoms with E-state index in [1.165, 1.54) is 0 Å². The molecule has 0 fully saturated rings. The van der Waals surface area contributed by atoms with E-state index in [2.05, 4.69) is 13.8 Å². The van der Waals surface area contributed by atoms with Crippen molar-refractivity contribution in [1.29, 1.82) is 0 Å². The first-order chi connectivity index (χ1) is 20.1. The lowest BCUT2D eigenvalue weighted by atomic mass is 9.92. The molecule has 11 heteroatoms. The molecule has 1 N–H and O–H groups in total. The number of methoxy groups -OCH3 is 1. The van der Waals surface area contributed by atoms with E-state index in [4.69, 9.17) is 33.2 Å². The maximum Gasteiger partial charge on any atom is 0.171 e. The van der Waals surface area contributed by atoms with Crippen LogP contribution in [0.2, 0.25) is 0 Å². The lowest BCUT2D eigenvalue weighted by molar-refractivity contribution is -0.0227. The van der Waals surface area contributed by atoms with Crippen molar-refractivity contribution in [2.24, 2.45) is 5.41 Å². The van der Waals surface area contributed by atoms with Crippen molar-refractivity contribution in [3.63, 3.8) is 0 Å². The van der Waals surface area contributed by atoms with Gasteiger partial charge in [0.1, 0.15) is 13.2 Å². The minimum absolute atomic E-state index is 0. The summed E-state index contributed by atoms with van der Waals surface area (Å²) in [7, 11) is 1.61. The van der Waals surface area contributed by atoms with E-state index < -0.39 is 5.41 Å². The first-order valence-electron chi connectivity index (χ1n) is 14.1. The molecule has 0 amide bonds. The number of hydrogen-bond acceptors (Lipinski definition) is 11. The van der Waals surface area contributed by atoms with Gasteiger partial charge in [-0.2, -0.15) is 0 Å². The zero-order valence-corrected chi connectivity index (χ0v) is 27.4. The van der Waals surface area contributed by atoms with Crippen LogP contribution in [-0.4, -0.2) is 65.1 Å². The molecule has 0 radical (unpaired) electrons. The Kier molecular flexibility index (Phi) is 20.2. The summed E-state index contributed by atoms with van der Waals surface area (Å²) in [5, 5.41) is 21.1. The summed E-state index contributed by atoms with van der Waals surface area (Å²) in [6, 6.07) is 0. The van der Waals surface area contributed by atoms with Gasteiger partial charge in [0.25, 0.3) is 0 Å². The summed E-state index contributed by atoms with van der Waals surface area (Å²) >= 11 is 4.77. The summed E-state index contributed by atoms with van der Waals surface area (Å²) in [6.07, 6.45) is 4.53. The number of aliphatic hydroxyl groups excluding tert-OH is 1. The number of aliphatic hydroxyl groups is 1. The maximum absolute atomic E-state index is 9.38. The van der Waals surface area contributed by atoms with Gasteiger partial charge >= 0.3 is 0 Å². The highest BCUT2D eigenvalue weighted by Gasteiger charge is 2.35. The summed E-state index contributed by atoms with van der Waals surface area (Å²) in [5.74, 6) is 5.05. The first kappa shape index (κ1) is 37.8. The van der Waals surface area contributed by atoms with Gasteiger partial charge < -0.3 is 38.3 Å². The van der Waals surface area contributed by atoms with Crippen LogP contribution in [0.25, 0.3) is 0 Å². The molecule has 1 aliphatic heterocycles. The smallest absolute Gasteiger partial charge is 0.171 e. The third kappa shape index (κ3) is 13.0. The van der Waals surface area contributed by atoms with Crippen LogP contribution < -0.4 is 28.4 Å². The molecule has 0 bridgehead atoms. The Morgan fingerprint density at radius 3 is 1.45 bits per heavy atom. The minimum Gasteiger partial charge on any atom is -0.489 e. The van der Waals surface area contributed by atoms with Crippen LogP contribution in [0, 0.1) is 5.41 Å². The molecular weight excluding hydrogens is 597 g/mol. The number of hydrogen-bond donors (Lipinski definition) is 1. The van der Waals surface area contributed by atoms with Crippen molar-refractivity contribution in [3.8, 4) is 34.5 Å². The van der Waals surface area contributed by atoms with Crippen molar-refractivity contribution in [1.82, 2.24) is 0 Å². The zero-order valence-electron chi connectivity index (χ0n) is 25.0. The monoisotopic (exact) mass is 646 g/mol. The highest BCUT2D eigenvalue weighted by molar-refractivity contribution is 7.09. The molecule has 3 aromatic rings. The van der Waals surface area contributed by atoms with Gasteiger partial charge in [0.2, 0.25) is 0 Å². The molecule has 0 unspecified atom stereocenters. The van der Waals surface area contributed by atoms with E-state index in [-0.39, 0.29) is 14.0 Å². The molecule has 4 rings (SSSR count). The molecule has 0 aliphatic carbocycles. The predicted octanol–water partition coefficient (Wildman–Crippen LogP) is 8.43. The fraction of sp³-hybridized carbons (Fsp3) is 0.613. The van der Waals surface area contributed by atoms with E-state index in [0.717, 1.165) is 73.4 Å². The van der Waals surface area contributed by atoms with Crippen molar-refractivity contribution < 1.29 is 38.3 Å². The van der Waals surface area contributed by atoms with E-state index in [9.17, 15) is 5.11 Å². The molecule has 3 aromatic heterocycles. The predicted molar refractivity (Wildman–Crippen MR) is 175 cm³/mol. The molecule has 8 nitrogen and oxygen atoms in total. The van der Waals surface area contributed by atoms with Crippen LogP contribution in [-0.2, 0) is 4.74 Å². The van der Waals surface area contributed by atoms with Crippen LogP contribution in [0.15, 0.2) is 32.3 Å². The van der Waals surface area contributed by atoms with Crippen LogP contribution in [0.5, 0.6) is 34.5 Å². The summed E-state index contributed by atoms with van der Waals surface area (Å²) in [4.78, 5) is 0. The number of thiophene rings is 3. The third-order valence-electron chi connectivity index (χ3n) is 5.74. The quantitative estimate of drug-likeness (QED) is 0.165. The molecule has 0 atom stereocenters. The molecule has 1 aliphatic rings. The van der Waals surface area contributed by atoms with Gasteiger partial charge in [0.15, 0.2) is 34.5 Å². The lowest BCUT2D eigenvalue weighted by Gasteiger charge is -2.27. The average Bonchev–Trinajstić information content (AvgIpc) is 3.72. The Bertz CT molecular complexity index is 981. The van der Waals surface area contributed by atoms with Crippen molar-refractivity contribution in [2.75, 3.05) is 60.0 Å². The lowest BCUT2D eigenvalue weighted by Crippen LogP contribution is -2.41. The normalized spacial score (nSPS) is 12.8. The van der Waals surface area contributed by atoms with Gasteiger partial charge in [0.05, 0.1) is 45.1 Å². The molecule has 42 heavy (non-hydrogen) atoms. The average molecular weight is 647 g/mol. The summed E-state index contributed by atoms with van der Waals surface area (Å²) in [6.45, 7) is 12.5. The molecular formula is C31H50O8S3. The van der Waals surface area contributed by atoms with E-state index >= 15 is 0 Å². The highest BCUT2D eigenvalue weighted by atomic mass is 32.1. The van der Waals surface area contributed by atoms with Gasteiger partial charge in [-0.05, 0) is 26.7 Å². The maximum atomic E-state index is 9.38. The molecule has 0 spiro atoms. The molecule has 0 saturated heterocycles. The van der Waals surface area contributed by atoms with Gasteiger partial charge in [0, 0.05) is 39.4 Å². The largest absolute Gasteiger partial charge is 0.489 e. The summed E-state index contributed by atoms with van der Waals surface area (Å²) in [5.41, 5.74) is -0.453. The molecule has 240 valence electrons. The summed E-state index contributed by atoms with van der Waals surface area (Å²) < 4.78 is 38.2. The van der Waals surface area contributed by atoms with Gasteiger partial charge in [-0.3, -0.25) is 0 Å². The minimum atomic E-state index is -0.453. The van der Waals surface area contributed by atoms with Crippen LogP contribution >= 0.6 is 34.0 Å². The van der Waals surface area contributed by atoms with Crippen LogP contribution in [0.3, 0.4) is 0 Å². The fourth-order valence-electron chi connectivity index (χ4n) is 3.45. The van der Waals surface area contributed by atoms with Gasteiger partial charge in [-0.25, -0.2) is 0 Å². The number of rotatable bonds is 15. The van der Waals surface area contributed by atoms with E-state index in [0.29, 0.717) is 33.0 Å². The second kappa shape index (κ2) is 22.4. The number of ether oxygens (including phenoxy) is 7. The Morgan fingerprint density at radius 2 is 1.10 bits per heavy atom. The molecule has 4 heterocycles. The fourth-order valence-corrected chi connectivity index (χ4v) is 5.50. The van der Waals surface area contributed by atoms with Gasteiger partial charge in [-0.1, -0.05) is 34.1 Å². The second-order valence-corrected chi connectivity index (χ2v) is 11.5. The third-order valence-corrected chi connectivity index (χ3v) is 7.84. The van der Waals surface area contributed by atoms with Crippen molar-refractivity contribution >= 4 is 34.0 Å². The number of unbranched alkanes of at least 4 members (excludes halogenated alkanes) is 2. The Hall–Kier alpha value is -2.18. The standard InChI is InChI=1S/C12H20O2S.C10H14O4S.C8H12O2S.CH4/c1-3-5-7-13-11-9-15-10-12(11)14-8-6-4-2;1-12-5-10(4-11)6-13-8-2-15-3-9(8)14-7-10;1-3-9-7-5-11-6-8(7)10-4-2;/h9-10H,3-8H2,1-2H3;2-3,11H,4-7H2,1H3;5-6H,3-4H2,1-2H3;1H4. The highest BCUT2D eigenvalue weighted by Crippen LogP contribution is 2.37. The van der Waals surface area contributed by atoms with Crippen LogP contribution in [0.4, 0.5) is 0 Å².